The molecule has 1 saturated heterocycles. The third-order valence-electron chi connectivity index (χ3n) is 2.79. The zero-order valence-corrected chi connectivity index (χ0v) is 10.3. The summed E-state index contributed by atoms with van der Waals surface area (Å²) in [5.41, 5.74) is 1.08. The Morgan fingerprint density at radius 3 is 2.53 bits per heavy atom. The van der Waals surface area contributed by atoms with Gasteiger partial charge in [0.25, 0.3) is 0 Å². The lowest BCUT2D eigenvalue weighted by Gasteiger charge is -2.34. The molecule has 82 valence electrons. The number of benzene rings is 1. The van der Waals surface area contributed by atoms with Gasteiger partial charge in [0.2, 0.25) is 5.02 Å². The Balaban J connectivity index is 2.19. The molecule has 1 fully saturated rings. The van der Waals surface area contributed by atoms with Gasteiger partial charge in [-0.1, -0.05) is 17.7 Å². The minimum atomic E-state index is 0.719. The Morgan fingerprint density at radius 1 is 1.20 bits per heavy atom. The zero-order valence-electron chi connectivity index (χ0n) is 8.74. The molecule has 0 radical (unpaired) electrons. The summed E-state index contributed by atoms with van der Waals surface area (Å²) >= 11 is 11.4. The van der Waals surface area contributed by atoms with Crippen LogP contribution in [-0.4, -0.2) is 38.1 Å². The molecule has 0 saturated carbocycles. The lowest BCUT2D eigenvalue weighted by Crippen LogP contribution is -2.44. The van der Waals surface area contributed by atoms with Crippen LogP contribution < -0.4 is 4.90 Å². The largest absolute Gasteiger partial charge is 0.368 e. The highest BCUT2D eigenvalue weighted by Crippen LogP contribution is 2.30. The summed E-state index contributed by atoms with van der Waals surface area (Å²) in [7, 11) is 2.14. The first kappa shape index (κ1) is 11.1. The molecule has 1 aliphatic heterocycles. The predicted molar refractivity (Wildman–Crippen MR) is 61.7 cm³/mol. The smallest absolute Gasteiger partial charge is 0.246 e. The first-order valence-corrected chi connectivity index (χ1v) is 5.86. The number of nitrogens with zero attached hydrogens (tertiary/aromatic N) is 2. The summed E-state index contributed by atoms with van der Waals surface area (Å²) in [6.07, 6.45) is 0. The molecule has 4 heteroatoms. The number of rotatable bonds is 1. The van der Waals surface area contributed by atoms with Gasteiger partial charge in [-0.3, -0.25) is 0 Å². The number of hydrogen-bond donors (Lipinski definition) is 0. The molecule has 0 aromatic heterocycles. The van der Waals surface area contributed by atoms with Crippen LogP contribution >= 0.6 is 11.6 Å². The normalized spacial score (nSPS) is 18.2. The Labute approximate surface area is 100 Å². The lowest BCUT2D eigenvalue weighted by molar-refractivity contribution is -0.288. The van der Waals surface area contributed by atoms with Gasteiger partial charge >= 0.3 is 0 Å². The van der Waals surface area contributed by atoms with E-state index in [-0.39, 0.29) is 0 Å². The van der Waals surface area contributed by atoms with Gasteiger partial charge in [0.05, 0.1) is 5.69 Å². The van der Waals surface area contributed by atoms with Crippen molar-refractivity contribution in [3.8, 4) is 0 Å². The van der Waals surface area contributed by atoms with E-state index in [1.54, 1.807) is 0 Å². The summed E-state index contributed by atoms with van der Waals surface area (Å²) < 4.78 is 0. The van der Waals surface area contributed by atoms with E-state index in [0.29, 0.717) is 0 Å². The van der Waals surface area contributed by atoms with Crippen LogP contribution in [-0.2, 0) is 0 Å². The molecular weight excluding hydrogens is 231 g/mol. The maximum atomic E-state index is 6.20. The molecule has 1 aliphatic rings. The standard InChI is InChI=1S/C11H15Cl2N2/c1-14-5-7-15(8-6-14)10-4-2-3-9(12)11(10)13/h2-4,12H,5-8H2,1H3/q+1. The van der Waals surface area contributed by atoms with E-state index in [1.165, 1.54) is 0 Å². The molecule has 0 atom stereocenters. The average Bonchev–Trinajstić information content (AvgIpc) is 2.24. The van der Waals surface area contributed by atoms with Crippen LogP contribution in [0.25, 0.3) is 0 Å². The van der Waals surface area contributed by atoms with Gasteiger partial charge in [-0.05, 0) is 13.1 Å². The summed E-state index contributed by atoms with van der Waals surface area (Å²) in [6, 6.07) is 5.89. The van der Waals surface area contributed by atoms with Gasteiger partial charge in [-0.15, -0.1) is 0 Å². The summed E-state index contributed by atoms with van der Waals surface area (Å²) in [6.45, 7) is 4.21. The van der Waals surface area contributed by atoms with Crippen molar-refractivity contribution in [3.63, 3.8) is 0 Å². The Bertz CT molecular complexity index is 346. The molecule has 0 spiro atoms. The molecule has 0 N–H and O–H groups in total. The third kappa shape index (κ3) is 2.39. The highest BCUT2D eigenvalue weighted by molar-refractivity contribution is 6.33. The van der Waals surface area contributed by atoms with Crippen molar-refractivity contribution in [2.75, 3.05) is 38.1 Å². The minimum Gasteiger partial charge on any atom is -0.368 e. The van der Waals surface area contributed by atoms with E-state index in [2.05, 4.69) is 16.8 Å². The topological polar surface area (TPSA) is 6.48 Å². The fourth-order valence-corrected chi connectivity index (χ4v) is 2.22. The van der Waals surface area contributed by atoms with E-state index in [1.807, 2.05) is 18.2 Å². The van der Waals surface area contributed by atoms with Gasteiger partial charge in [0.1, 0.15) is 5.02 Å². The maximum absolute atomic E-state index is 6.20. The van der Waals surface area contributed by atoms with Gasteiger partial charge in [0, 0.05) is 32.2 Å². The maximum Gasteiger partial charge on any atom is 0.246 e. The highest BCUT2D eigenvalue weighted by Gasteiger charge is 2.19. The Morgan fingerprint density at radius 2 is 1.87 bits per heavy atom. The number of likely N-dealkylation sites (N-methyl/N-ethyl adjacent to an activating group) is 1. The van der Waals surface area contributed by atoms with Crippen molar-refractivity contribution >= 4 is 17.3 Å². The van der Waals surface area contributed by atoms with Crippen molar-refractivity contribution in [1.82, 2.24) is 4.90 Å². The lowest BCUT2D eigenvalue weighted by atomic mass is 10.2. The predicted octanol–water partition coefficient (Wildman–Crippen LogP) is 1.79. The molecular formula is C11H15Cl2N2+. The third-order valence-corrected chi connectivity index (χ3v) is 3.64. The van der Waals surface area contributed by atoms with E-state index in [4.69, 9.17) is 23.2 Å². The number of hydrogen-bond acceptors (Lipinski definition) is 2. The van der Waals surface area contributed by atoms with Crippen LogP contribution in [0.5, 0.6) is 0 Å². The van der Waals surface area contributed by atoms with Crippen LogP contribution in [0, 0.1) is 11.6 Å². The van der Waals surface area contributed by atoms with Crippen molar-refractivity contribution in [2.45, 2.75) is 0 Å². The molecule has 0 unspecified atom stereocenters. The number of piperazine rings is 1. The number of anilines is 1. The molecule has 15 heavy (non-hydrogen) atoms. The van der Waals surface area contributed by atoms with Gasteiger partial charge < -0.3 is 9.80 Å². The fraction of sp³-hybridized carbons (Fsp3) is 0.455. The molecule has 1 aromatic carbocycles. The second-order valence-corrected chi connectivity index (χ2v) is 4.70. The zero-order chi connectivity index (χ0) is 10.8. The highest BCUT2D eigenvalue weighted by atomic mass is 35.5. The summed E-state index contributed by atoms with van der Waals surface area (Å²) in [5, 5.41) is 1.46. The number of halogens is 2. The van der Waals surface area contributed by atoms with Crippen LogP contribution in [0.3, 0.4) is 0 Å². The van der Waals surface area contributed by atoms with Gasteiger partial charge in [0.15, 0.2) is 11.6 Å². The monoisotopic (exact) mass is 245 g/mol. The molecule has 0 aliphatic carbocycles. The van der Waals surface area contributed by atoms with Crippen LogP contribution in [0.2, 0.25) is 10.0 Å². The van der Waals surface area contributed by atoms with Crippen molar-refractivity contribution in [1.29, 1.82) is 0 Å². The second-order valence-electron chi connectivity index (χ2n) is 3.88. The van der Waals surface area contributed by atoms with E-state index >= 15 is 0 Å². The van der Waals surface area contributed by atoms with Crippen LogP contribution in [0.1, 0.15) is 0 Å². The minimum absolute atomic E-state index is 0.719. The Hall–Kier alpha value is -0.440. The van der Waals surface area contributed by atoms with Crippen molar-refractivity contribution < 1.29 is 11.6 Å². The van der Waals surface area contributed by atoms with E-state index in [9.17, 15) is 0 Å². The molecule has 1 heterocycles. The average molecular weight is 246 g/mol. The second kappa shape index (κ2) is 4.60. The first-order chi connectivity index (χ1) is 7.18. The first-order valence-electron chi connectivity index (χ1n) is 5.07. The van der Waals surface area contributed by atoms with Crippen molar-refractivity contribution in [3.05, 3.63) is 28.2 Å². The van der Waals surface area contributed by atoms with Gasteiger partial charge in [-0.2, -0.15) is 0 Å². The van der Waals surface area contributed by atoms with Crippen LogP contribution in [0.15, 0.2) is 18.2 Å². The quantitative estimate of drug-likeness (QED) is 0.745. The fourth-order valence-electron chi connectivity index (χ4n) is 1.79. The summed E-state index contributed by atoms with van der Waals surface area (Å²) in [4.78, 5) is 4.63. The van der Waals surface area contributed by atoms with E-state index < -0.39 is 0 Å². The SMILES string of the molecule is CN1CCN(c2cccc([ClH+])c2Cl)CC1. The molecule has 2 nitrogen and oxygen atoms in total. The van der Waals surface area contributed by atoms with Crippen molar-refractivity contribution in [2.24, 2.45) is 0 Å². The van der Waals surface area contributed by atoms with Crippen LogP contribution in [0.4, 0.5) is 5.69 Å². The molecule has 1 aromatic rings. The summed E-state index contributed by atoms with van der Waals surface area (Å²) in [5.74, 6) is 0. The molecule has 2 rings (SSSR count). The van der Waals surface area contributed by atoms with Gasteiger partial charge in [-0.25, -0.2) is 0 Å². The van der Waals surface area contributed by atoms with E-state index in [0.717, 1.165) is 41.9 Å². The molecule has 0 amide bonds. The Kier molecular flexibility index (Phi) is 3.39. The molecule has 0 bridgehead atoms.